The molecule has 0 bridgehead atoms. The van der Waals surface area contributed by atoms with Gasteiger partial charge in [0.2, 0.25) is 5.13 Å². The molecule has 0 atom stereocenters. The van der Waals surface area contributed by atoms with Crippen LogP contribution in [0.1, 0.15) is 34.1 Å². The van der Waals surface area contributed by atoms with Crippen molar-refractivity contribution in [3.8, 4) is 0 Å². The fraction of sp³-hybridized carbons (Fsp3) is 0.167. The number of hydrogen-bond acceptors (Lipinski definition) is 8. The predicted octanol–water partition coefficient (Wildman–Crippen LogP) is 3.38. The fourth-order valence-electron chi connectivity index (χ4n) is 2.62. The standard InChI is InChI=1S/C18H15N5O5S2/c24-16(19-18-21-20-17(29-18)11-4-5-11)12-2-1-3-15(10-12)30(27,28)22-13-6-8-14(9-7-13)23(25)26/h1-3,6-11,22H,4-5H2,(H,19,21,24). The van der Waals surface area contributed by atoms with Gasteiger partial charge < -0.3 is 0 Å². The number of aromatic nitrogens is 2. The maximum absolute atomic E-state index is 12.6. The molecule has 1 saturated carbocycles. The lowest BCUT2D eigenvalue weighted by molar-refractivity contribution is -0.384. The average Bonchev–Trinajstić information content (AvgIpc) is 3.47. The number of anilines is 2. The monoisotopic (exact) mass is 445 g/mol. The first-order valence-corrected chi connectivity index (χ1v) is 11.1. The Labute approximate surface area is 175 Å². The Morgan fingerprint density at radius 1 is 1.13 bits per heavy atom. The van der Waals surface area contributed by atoms with E-state index in [0.717, 1.165) is 17.8 Å². The van der Waals surface area contributed by atoms with Crippen LogP contribution in [-0.4, -0.2) is 29.4 Å². The van der Waals surface area contributed by atoms with Gasteiger partial charge in [0.1, 0.15) is 5.01 Å². The second-order valence-corrected chi connectivity index (χ2v) is 9.30. The summed E-state index contributed by atoms with van der Waals surface area (Å²) >= 11 is 1.31. The predicted molar refractivity (Wildman–Crippen MR) is 110 cm³/mol. The number of non-ortho nitro benzene ring substituents is 1. The maximum atomic E-state index is 12.6. The molecule has 0 radical (unpaired) electrons. The van der Waals surface area contributed by atoms with Gasteiger partial charge in [0, 0.05) is 29.3 Å². The number of benzene rings is 2. The number of hydrogen-bond donors (Lipinski definition) is 2. The summed E-state index contributed by atoms with van der Waals surface area (Å²) in [5, 5.41) is 22.6. The van der Waals surface area contributed by atoms with E-state index in [4.69, 9.17) is 0 Å². The maximum Gasteiger partial charge on any atom is 0.269 e. The molecular weight excluding hydrogens is 430 g/mol. The topological polar surface area (TPSA) is 144 Å². The molecule has 2 N–H and O–H groups in total. The van der Waals surface area contributed by atoms with Crippen LogP contribution in [0.2, 0.25) is 0 Å². The van der Waals surface area contributed by atoms with Crippen molar-refractivity contribution in [3.63, 3.8) is 0 Å². The van der Waals surface area contributed by atoms with E-state index < -0.39 is 20.9 Å². The zero-order valence-electron chi connectivity index (χ0n) is 15.3. The first kappa shape index (κ1) is 19.9. The first-order valence-electron chi connectivity index (χ1n) is 8.84. The van der Waals surface area contributed by atoms with Gasteiger partial charge in [-0.3, -0.25) is 24.9 Å². The van der Waals surface area contributed by atoms with Crippen LogP contribution in [0, 0.1) is 10.1 Å². The van der Waals surface area contributed by atoms with Crippen molar-refractivity contribution in [2.75, 3.05) is 10.0 Å². The lowest BCUT2D eigenvalue weighted by Crippen LogP contribution is -2.16. The third kappa shape index (κ3) is 4.44. The van der Waals surface area contributed by atoms with Gasteiger partial charge in [-0.15, -0.1) is 10.2 Å². The van der Waals surface area contributed by atoms with Crippen molar-refractivity contribution in [2.24, 2.45) is 0 Å². The van der Waals surface area contributed by atoms with E-state index in [9.17, 15) is 23.3 Å². The number of carbonyl (C=O) groups is 1. The molecule has 0 spiro atoms. The van der Waals surface area contributed by atoms with Crippen molar-refractivity contribution in [3.05, 3.63) is 69.2 Å². The molecule has 3 aromatic rings. The molecule has 0 aliphatic heterocycles. The molecule has 0 saturated heterocycles. The van der Waals surface area contributed by atoms with Crippen LogP contribution in [0.15, 0.2) is 53.4 Å². The summed E-state index contributed by atoms with van der Waals surface area (Å²) in [5.41, 5.74) is 0.153. The van der Waals surface area contributed by atoms with E-state index in [1.807, 2.05) is 0 Å². The Morgan fingerprint density at radius 2 is 1.87 bits per heavy atom. The lowest BCUT2D eigenvalue weighted by Gasteiger charge is -2.09. The zero-order chi connectivity index (χ0) is 21.3. The number of nitrogens with one attached hydrogen (secondary N) is 2. The van der Waals surface area contributed by atoms with Crippen molar-refractivity contribution in [1.82, 2.24) is 10.2 Å². The summed E-state index contributed by atoms with van der Waals surface area (Å²) in [6.07, 6.45) is 2.15. The number of nitrogens with zero attached hydrogens (tertiary/aromatic N) is 3. The minimum absolute atomic E-state index is 0.121. The molecule has 1 heterocycles. The van der Waals surface area contributed by atoms with Gasteiger partial charge in [0.05, 0.1) is 9.82 Å². The molecule has 154 valence electrons. The average molecular weight is 445 g/mol. The van der Waals surface area contributed by atoms with E-state index in [-0.39, 0.29) is 21.8 Å². The number of nitro groups is 1. The van der Waals surface area contributed by atoms with Gasteiger partial charge in [0.15, 0.2) is 0 Å². The second kappa shape index (κ2) is 7.80. The zero-order valence-corrected chi connectivity index (χ0v) is 16.9. The van der Waals surface area contributed by atoms with Crippen LogP contribution in [0.4, 0.5) is 16.5 Å². The van der Waals surface area contributed by atoms with Gasteiger partial charge in [-0.25, -0.2) is 8.42 Å². The Morgan fingerprint density at radius 3 is 2.53 bits per heavy atom. The highest BCUT2D eigenvalue weighted by atomic mass is 32.2. The molecule has 2 aromatic carbocycles. The third-order valence-corrected chi connectivity index (χ3v) is 6.70. The Hall–Kier alpha value is -3.38. The Kier molecular flexibility index (Phi) is 5.18. The summed E-state index contributed by atoms with van der Waals surface area (Å²) in [5.74, 6) is -0.0759. The Bertz CT molecular complexity index is 1220. The summed E-state index contributed by atoms with van der Waals surface area (Å²) < 4.78 is 27.6. The molecule has 1 aromatic heterocycles. The highest BCUT2D eigenvalue weighted by Crippen LogP contribution is 2.42. The summed E-state index contributed by atoms with van der Waals surface area (Å²) in [4.78, 5) is 22.5. The van der Waals surface area contributed by atoms with E-state index in [1.54, 1.807) is 0 Å². The van der Waals surface area contributed by atoms with Crippen molar-refractivity contribution in [1.29, 1.82) is 0 Å². The highest BCUT2D eigenvalue weighted by molar-refractivity contribution is 7.92. The van der Waals surface area contributed by atoms with E-state index in [0.29, 0.717) is 11.0 Å². The molecule has 0 unspecified atom stereocenters. The molecule has 10 nitrogen and oxygen atoms in total. The van der Waals surface area contributed by atoms with Crippen molar-refractivity contribution >= 4 is 43.8 Å². The number of sulfonamides is 1. The van der Waals surface area contributed by atoms with Crippen molar-refractivity contribution < 1.29 is 18.1 Å². The van der Waals surface area contributed by atoms with Crippen LogP contribution in [0.25, 0.3) is 0 Å². The number of carbonyl (C=O) groups excluding carboxylic acids is 1. The summed E-state index contributed by atoms with van der Waals surface area (Å²) in [6, 6.07) is 10.5. The smallest absolute Gasteiger partial charge is 0.269 e. The minimum atomic E-state index is -4.00. The number of rotatable bonds is 7. The Balaban J connectivity index is 1.49. The van der Waals surface area contributed by atoms with Crippen molar-refractivity contribution in [2.45, 2.75) is 23.7 Å². The molecule has 1 aliphatic carbocycles. The summed E-state index contributed by atoms with van der Waals surface area (Å²) in [6.45, 7) is 0. The molecule has 30 heavy (non-hydrogen) atoms. The lowest BCUT2D eigenvalue weighted by atomic mass is 10.2. The third-order valence-electron chi connectivity index (χ3n) is 4.32. The second-order valence-electron chi connectivity index (χ2n) is 6.61. The van der Waals surface area contributed by atoms with Crippen LogP contribution >= 0.6 is 11.3 Å². The van der Waals surface area contributed by atoms with Crippen LogP contribution in [-0.2, 0) is 10.0 Å². The highest BCUT2D eigenvalue weighted by Gasteiger charge is 2.28. The molecule has 12 heteroatoms. The summed E-state index contributed by atoms with van der Waals surface area (Å²) in [7, 11) is -4.00. The number of nitro benzene ring substituents is 1. The molecule has 1 amide bonds. The van der Waals surface area contributed by atoms with E-state index >= 15 is 0 Å². The normalized spacial score (nSPS) is 13.6. The van der Waals surface area contributed by atoms with Gasteiger partial charge >= 0.3 is 0 Å². The number of amides is 1. The van der Waals surface area contributed by atoms with Gasteiger partial charge in [-0.1, -0.05) is 17.4 Å². The first-order chi connectivity index (χ1) is 14.3. The van der Waals surface area contributed by atoms with E-state index in [2.05, 4.69) is 20.2 Å². The molecular formula is C18H15N5O5S2. The fourth-order valence-corrected chi connectivity index (χ4v) is 4.63. The molecule has 4 rings (SSSR count). The SMILES string of the molecule is O=C(Nc1nnc(C2CC2)s1)c1cccc(S(=O)(=O)Nc2ccc([N+](=O)[O-])cc2)c1. The molecule has 1 aliphatic rings. The quantitative estimate of drug-likeness (QED) is 0.419. The van der Waals surface area contributed by atoms with Gasteiger partial charge in [-0.2, -0.15) is 0 Å². The van der Waals surface area contributed by atoms with Gasteiger partial charge in [0.25, 0.3) is 21.6 Å². The largest absolute Gasteiger partial charge is 0.296 e. The minimum Gasteiger partial charge on any atom is -0.296 e. The van der Waals surface area contributed by atoms with E-state index in [1.165, 1.54) is 59.9 Å². The van der Waals surface area contributed by atoms with Gasteiger partial charge in [-0.05, 0) is 43.2 Å². The molecule has 1 fully saturated rings. The van der Waals surface area contributed by atoms with Crippen LogP contribution in [0.5, 0.6) is 0 Å². The van der Waals surface area contributed by atoms with Crippen LogP contribution < -0.4 is 10.0 Å². The van der Waals surface area contributed by atoms with Crippen LogP contribution in [0.3, 0.4) is 0 Å².